The van der Waals surface area contributed by atoms with Crippen molar-refractivity contribution in [2.24, 2.45) is 11.8 Å². The molecule has 102 valence electrons. The molecule has 0 aliphatic carbocycles. The maximum Gasteiger partial charge on any atom is 0.231 e. The number of anilines is 3. The van der Waals surface area contributed by atoms with Crippen molar-refractivity contribution in [3.05, 3.63) is 0 Å². The highest BCUT2D eigenvalue weighted by Gasteiger charge is 2.10. The Morgan fingerprint density at radius 3 is 2.17 bits per heavy atom. The predicted molar refractivity (Wildman–Crippen MR) is 76.2 cm³/mol. The first-order valence-corrected chi connectivity index (χ1v) is 6.29. The quantitative estimate of drug-likeness (QED) is 0.803. The Labute approximate surface area is 109 Å². The van der Waals surface area contributed by atoms with Crippen LogP contribution in [0.2, 0.25) is 0 Å². The van der Waals surface area contributed by atoms with Gasteiger partial charge in [-0.15, -0.1) is 0 Å². The number of aromatic nitrogens is 3. The van der Waals surface area contributed by atoms with Crippen molar-refractivity contribution < 1.29 is 0 Å². The normalized spacial score (nSPS) is 12.4. The Bertz CT molecular complexity index is 377. The fraction of sp³-hybridized carbons (Fsp3) is 0.750. The van der Waals surface area contributed by atoms with E-state index in [4.69, 9.17) is 0 Å². The van der Waals surface area contributed by atoms with Crippen molar-refractivity contribution in [3.63, 3.8) is 0 Å². The molecule has 2 N–H and O–H groups in total. The first-order valence-electron chi connectivity index (χ1n) is 6.29. The van der Waals surface area contributed by atoms with Crippen LogP contribution in [-0.2, 0) is 0 Å². The summed E-state index contributed by atoms with van der Waals surface area (Å²) in [5.41, 5.74) is 0. The summed E-state index contributed by atoms with van der Waals surface area (Å²) in [6.07, 6.45) is 0. The number of rotatable bonds is 6. The van der Waals surface area contributed by atoms with Crippen molar-refractivity contribution in [2.45, 2.75) is 20.8 Å². The molecule has 0 aliphatic rings. The lowest BCUT2D eigenvalue weighted by Gasteiger charge is -2.17. The monoisotopic (exact) mass is 252 g/mol. The van der Waals surface area contributed by atoms with E-state index in [2.05, 4.69) is 46.4 Å². The highest BCUT2D eigenvalue weighted by Crippen LogP contribution is 2.13. The molecule has 0 bridgehead atoms. The van der Waals surface area contributed by atoms with Crippen LogP contribution in [0.25, 0.3) is 0 Å². The van der Waals surface area contributed by atoms with Crippen LogP contribution >= 0.6 is 0 Å². The van der Waals surface area contributed by atoms with E-state index in [-0.39, 0.29) is 0 Å². The lowest BCUT2D eigenvalue weighted by Crippen LogP contribution is -2.20. The largest absolute Gasteiger partial charge is 0.357 e. The second kappa shape index (κ2) is 6.37. The number of nitrogens with one attached hydrogen (secondary N) is 2. The standard InChI is InChI=1S/C12H24N6/c1-8(2)9(3)7-14-11-15-10(13-4)16-12(17-11)18(5)6/h8-9H,7H2,1-6H3,(H2,13,14,15,16,17). The van der Waals surface area contributed by atoms with Crippen molar-refractivity contribution in [1.29, 1.82) is 0 Å². The van der Waals surface area contributed by atoms with Gasteiger partial charge in [0.1, 0.15) is 0 Å². The van der Waals surface area contributed by atoms with E-state index in [1.54, 1.807) is 7.05 Å². The zero-order valence-electron chi connectivity index (χ0n) is 12.2. The van der Waals surface area contributed by atoms with Crippen LogP contribution in [0, 0.1) is 11.8 Å². The molecule has 6 heteroatoms. The summed E-state index contributed by atoms with van der Waals surface area (Å²) in [4.78, 5) is 14.8. The third kappa shape index (κ3) is 4.01. The summed E-state index contributed by atoms with van der Waals surface area (Å²) in [6.45, 7) is 7.50. The molecule has 0 radical (unpaired) electrons. The molecule has 18 heavy (non-hydrogen) atoms. The zero-order chi connectivity index (χ0) is 13.7. The Balaban J connectivity index is 2.78. The third-order valence-electron chi connectivity index (χ3n) is 2.97. The van der Waals surface area contributed by atoms with Crippen LogP contribution in [0.1, 0.15) is 20.8 Å². The molecular formula is C12H24N6. The van der Waals surface area contributed by atoms with E-state index in [9.17, 15) is 0 Å². The van der Waals surface area contributed by atoms with Crippen molar-refractivity contribution in [1.82, 2.24) is 15.0 Å². The molecule has 0 aromatic carbocycles. The van der Waals surface area contributed by atoms with Gasteiger partial charge < -0.3 is 15.5 Å². The summed E-state index contributed by atoms with van der Waals surface area (Å²) in [6, 6.07) is 0. The van der Waals surface area contributed by atoms with Gasteiger partial charge in [0.2, 0.25) is 17.8 Å². The average Bonchev–Trinajstić information content (AvgIpc) is 2.35. The summed E-state index contributed by atoms with van der Waals surface area (Å²) in [5, 5.41) is 6.21. The first-order chi connectivity index (χ1) is 8.43. The van der Waals surface area contributed by atoms with Gasteiger partial charge in [-0.25, -0.2) is 0 Å². The molecule has 1 aromatic heterocycles. The molecule has 1 heterocycles. The van der Waals surface area contributed by atoms with E-state index in [1.165, 1.54) is 0 Å². The second-order valence-corrected chi connectivity index (χ2v) is 5.03. The summed E-state index contributed by atoms with van der Waals surface area (Å²) < 4.78 is 0. The molecule has 1 aromatic rings. The van der Waals surface area contributed by atoms with Crippen molar-refractivity contribution >= 4 is 17.8 Å². The lowest BCUT2D eigenvalue weighted by atomic mass is 9.98. The van der Waals surface area contributed by atoms with Crippen LogP contribution in [0.4, 0.5) is 17.8 Å². The minimum absolute atomic E-state index is 0.572. The summed E-state index contributed by atoms with van der Waals surface area (Å²) in [5.74, 6) is 3.05. The highest BCUT2D eigenvalue weighted by molar-refractivity contribution is 5.42. The van der Waals surface area contributed by atoms with Gasteiger partial charge in [0.15, 0.2) is 0 Å². The van der Waals surface area contributed by atoms with Gasteiger partial charge in [0.05, 0.1) is 0 Å². The molecule has 0 saturated carbocycles. The van der Waals surface area contributed by atoms with Gasteiger partial charge in [-0.3, -0.25) is 0 Å². The fourth-order valence-electron chi connectivity index (χ4n) is 1.24. The minimum Gasteiger partial charge on any atom is -0.357 e. The lowest BCUT2D eigenvalue weighted by molar-refractivity contribution is 0.439. The summed E-state index contributed by atoms with van der Waals surface area (Å²) in [7, 11) is 5.62. The molecule has 1 rings (SSSR count). The van der Waals surface area contributed by atoms with Gasteiger partial charge in [-0.2, -0.15) is 15.0 Å². The Hall–Kier alpha value is -1.59. The maximum absolute atomic E-state index is 4.36. The fourth-order valence-corrected chi connectivity index (χ4v) is 1.24. The third-order valence-corrected chi connectivity index (χ3v) is 2.97. The minimum atomic E-state index is 0.572. The molecule has 0 spiro atoms. The van der Waals surface area contributed by atoms with Crippen LogP contribution in [0.15, 0.2) is 0 Å². The Morgan fingerprint density at radius 1 is 1.06 bits per heavy atom. The predicted octanol–water partition coefficient (Wildman–Crippen LogP) is 1.68. The topological polar surface area (TPSA) is 66.0 Å². The van der Waals surface area contributed by atoms with Gasteiger partial charge in [0, 0.05) is 27.7 Å². The summed E-state index contributed by atoms with van der Waals surface area (Å²) >= 11 is 0. The smallest absolute Gasteiger partial charge is 0.231 e. The first kappa shape index (κ1) is 14.5. The number of nitrogens with zero attached hydrogens (tertiary/aromatic N) is 4. The van der Waals surface area contributed by atoms with E-state index < -0.39 is 0 Å². The molecule has 0 amide bonds. The van der Waals surface area contributed by atoms with Crippen LogP contribution in [0.3, 0.4) is 0 Å². The zero-order valence-corrected chi connectivity index (χ0v) is 12.2. The molecule has 1 atom stereocenters. The van der Waals surface area contributed by atoms with Crippen molar-refractivity contribution in [2.75, 3.05) is 43.2 Å². The second-order valence-electron chi connectivity index (χ2n) is 5.03. The molecule has 1 unspecified atom stereocenters. The Morgan fingerprint density at radius 2 is 1.67 bits per heavy atom. The van der Waals surface area contributed by atoms with Gasteiger partial charge in [-0.1, -0.05) is 20.8 Å². The molecule has 0 fully saturated rings. The molecule has 0 saturated heterocycles. The molecular weight excluding hydrogens is 228 g/mol. The van der Waals surface area contributed by atoms with E-state index in [0.717, 1.165) is 6.54 Å². The van der Waals surface area contributed by atoms with Crippen LogP contribution in [0.5, 0.6) is 0 Å². The van der Waals surface area contributed by atoms with E-state index >= 15 is 0 Å². The maximum atomic E-state index is 4.36. The molecule has 0 aliphatic heterocycles. The Kier molecular flexibility index (Phi) is 5.12. The number of hydrogen-bond acceptors (Lipinski definition) is 6. The van der Waals surface area contributed by atoms with E-state index in [1.807, 2.05) is 19.0 Å². The number of hydrogen-bond donors (Lipinski definition) is 2. The highest BCUT2D eigenvalue weighted by atomic mass is 15.3. The SMILES string of the molecule is CNc1nc(NCC(C)C(C)C)nc(N(C)C)n1. The van der Waals surface area contributed by atoms with Gasteiger partial charge in [-0.05, 0) is 11.8 Å². The van der Waals surface area contributed by atoms with E-state index in [0.29, 0.717) is 29.7 Å². The van der Waals surface area contributed by atoms with Crippen LogP contribution < -0.4 is 15.5 Å². The van der Waals surface area contributed by atoms with Crippen molar-refractivity contribution in [3.8, 4) is 0 Å². The molecule has 6 nitrogen and oxygen atoms in total. The van der Waals surface area contributed by atoms with Gasteiger partial charge in [0.25, 0.3) is 0 Å². The average molecular weight is 252 g/mol. The van der Waals surface area contributed by atoms with Crippen LogP contribution in [-0.4, -0.2) is 42.6 Å². The van der Waals surface area contributed by atoms with Gasteiger partial charge >= 0.3 is 0 Å².